The van der Waals surface area contributed by atoms with Gasteiger partial charge >= 0.3 is 0 Å². The zero-order chi connectivity index (χ0) is 12.5. The first-order chi connectivity index (χ1) is 7.98. The van der Waals surface area contributed by atoms with E-state index in [1.54, 1.807) is 16.6 Å². The maximum atomic E-state index is 12.2. The van der Waals surface area contributed by atoms with Crippen LogP contribution in [0, 0.1) is 0 Å². The Labute approximate surface area is 102 Å². The molecule has 6 heteroatoms. The molecule has 1 aliphatic heterocycles. The molecule has 0 amide bonds. The Morgan fingerprint density at radius 2 is 2.06 bits per heavy atom. The Kier molecular flexibility index (Phi) is 3.29. The molecule has 2 heterocycles. The lowest BCUT2D eigenvalue weighted by atomic mass is 9.91. The molecule has 0 unspecified atom stereocenters. The third-order valence-corrected chi connectivity index (χ3v) is 5.53. The van der Waals surface area contributed by atoms with Gasteiger partial charge in [-0.1, -0.05) is 0 Å². The van der Waals surface area contributed by atoms with Gasteiger partial charge in [-0.3, -0.25) is 0 Å². The molecule has 1 aliphatic rings. The van der Waals surface area contributed by atoms with Gasteiger partial charge in [-0.2, -0.15) is 4.31 Å². The van der Waals surface area contributed by atoms with Gasteiger partial charge in [-0.05, 0) is 32.9 Å². The smallest absolute Gasteiger partial charge is 0.244 e. The first-order valence-corrected chi connectivity index (χ1v) is 7.24. The van der Waals surface area contributed by atoms with Crippen molar-refractivity contribution in [3.05, 3.63) is 18.5 Å². The van der Waals surface area contributed by atoms with E-state index in [4.69, 9.17) is 0 Å². The normalized spacial score (nSPS) is 21.5. The molecular weight excluding hydrogens is 238 g/mol. The van der Waals surface area contributed by atoms with E-state index in [1.807, 2.05) is 7.05 Å². The van der Waals surface area contributed by atoms with Gasteiger partial charge < -0.3 is 10.3 Å². The third kappa shape index (κ3) is 2.38. The number of hydrogen-bond donors (Lipinski definition) is 2. The molecule has 17 heavy (non-hydrogen) atoms. The zero-order valence-corrected chi connectivity index (χ0v) is 11.0. The molecule has 0 saturated carbocycles. The Morgan fingerprint density at radius 3 is 2.53 bits per heavy atom. The van der Waals surface area contributed by atoms with Crippen molar-refractivity contribution < 1.29 is 8.42 Å². The molecule has 0 spiro atoms. The molecule has 1 fully saturated rings. The maximum Gasteiger partial charge on any atom is 0.244 e. The number of nitrogens with one attached hydrogen (secondary N) is 2. The van der Waals surface area contributed by atoms with Crippen molar-refractivity contribution >= 4 is 10.0 Å². The van der Waals surface area contributed by atoms with Gasteiger partial charge in [0, 0.05) is 31.0 Å². The Hall–Kier alpha value is -0.850. The van der Waals surface area contributed by atoms with Crippen LogP contribution in [0.25, 0.3) is 0 Å². The summed E-state index contributed by atoms with van der Waals surface area (Å²) in [7, 11) is -1.38. The molecule has 96 valence electrons. The van der Waals surface area contributed by atoms with Gasteiger partial charge in [0.25, 0.3) is 0 Å². The standard InChI is InChI=1S/C11H19N3O2S/c1-11(12-2)4-7-14(8-5-11)17(15,16)10-3-6-13-9-10/h3,6,9,12-13H,4-5,7-8H2,1-2H3. The highest BCUT2D eigenvalue weighted by molar-refractivity contribution is 7.89. The van der Waals surface area contributed by atoms with Crippen LogP contribution in [0.15, 0.2) is 23.4 Å². The van der Waals surface area contributed by atoms with E-state index in [0.717, 1.165) is 12.8 Å². The predicted octanol–water partition coefficient (Wildman–Crippen LogP) is 0.777. The largest absolute Gasteiger partial charge is 0.366 e. The van der Waals surface area contributed by atoms with Crippen molar-refractivity contribution in [3.63, 3.8) is 0 Å². The van der Waals surface area contributed by atoms with Crippen LogP contribution < -0.4 is 5.32 Å². The van der Waals surface area contributed by atoms with Crippen LogP contribution in [-0.2, 0) is 10.0 Å². The average molecular weight is 257 g/mol. The minimum absolute atomic E-state index is 0.0597. The van der Waals surface area contributed by atoms with Crippen molar-refractivity contribution in [1.82, 2.24) is 14.6 Å². The topological polar surface area (TPSA) is 65.2 Å². The first-order valence-electron chi connectivity index (χ1n) is 5.80. The molecule has 2 N–H and O–H groups in total. The molecule has 0 bridgehead atoms. The fourth-order valence-corrected chi connectivity index (χ4v) is 3.51. The molecule has 0 aromatic carbocycles. The van der Waals surface area contributed by atoms with E-state index >= 15 is 0 Å². The third-order valence-electron chi connectivity index (χ3n) is 3.64. The van der Waals surface area contributed by atoms with Crippen LogP contribution in [0.5, 0.6) is 0 Å². The highest BCUT2D eigenvalue weighted by Gasteiger charge is 2.34. The first kappa shape index (κ1) is 12.6. The van der Waals surface area contributed by atoms with Crippen molar-refractivity contribution in [3.8, 4) is 0 Å². The quantitative estimate of drug-likeness (QED) is 0.841. The summed E-state index contributed by atoms with van der Waals surface area (Å²) >= 11 is 0. The predicted molar refractivity (Wildman–Crippen MR) is 66.3 cm³/mol. The average Bonchev–Trinajstić information content (AvgIpc) is 2.84. The minimum Gasteiger partial charge on any atom is -0.366 e. The fraction of sp³-hybridized carbons (Fsp3) is 0.636. The lowest BCUT2D eigenvalue weighted by Gasteiger charge is -2.38. The van der Waals surface area contributed by atoms with Crippen molar-refractivity contribution in [1.29, 1.82) is 0 Å². The molecule has 0 radical (unpaired) electrons. The SMILES string of the molecule is CNC1(C)CCN(S(=O)(=O)c2cc[nH]c2)CC1. The molecule has 1 saturated heterocycles. The number of piperidine rings is 1. The molecule has 0 atom stereocenters. The van der Waals surface area contributed by atoms with Crippen LogP contribution in [0.3, 0.4) is 0 Å². The van der Waals surface area contributed by atoms with E-state index < -0.39 is 10.0 Å². The number of aromatic amines is 1. The van der Waals surface area contributed by atoms with E-state index in [-0.39, 0.29) is 5.54 Å². The highest BCUT2D eigenvalue weighted by atomic mass is 32.2. The van der Waals surface area contributed by atoms with Gasteiger partial charge in [-0.15, -0.1) is 0 Å². The number of aromatic nitrogens is 1. The summed E-state index contributed by atoms with van der Waals surface area (Å²) in [6.07, 6.45) is 4.84. The fourth-order valence-electron chi connectivity index (χ4n) is 2.09. The number of H-pyrrole nitrogens is 1. The lowest BCUT2D eigenvalue weighted by molar-refractivity contribution is 0.219. The molecule has 5 nitrogen and oxygen atoms in total. The van der Waals surface area contributed by atoms with Crippen LogP contribution in [-0.4, -0.2) is 43.4 Å². The Balaban J connectivity index is 2.12. The zero-order valence-electron chi connectivity index (χ0n) is 10.2. The van der Waals surface area contributed by atoms with Gasteiger partial charge in [0.05, 0.1) is 4.90 Å². The second kappa shape index (κ2) is 4.44. The lowest BCUT2D eigenvalue weighted by Crippen LogP contribution is -2.51. The van der Waals surface area contributed by atoms with Gasteiger partial charge in [0.2, 0.25) is 10.0 Å². The molecule has 1 aromatic heterocycles. The van der Waals surface area contributed by atoms with E-state index in [2.05, 4.69) is 17.2 Å². The molecule has 1 aromatic rings. The number of hydrogen-bond acceptors (Lipinski definition) is 3. The van der Waals surface area contributed by atoms with Crippen molar-refractivity contribution in [2.45, 2.75) is 30.2 Å². The second-order valence-corrected chi connectivity index (χ2v) is 6.70. The van der Waals surface area contributed by atoms with Crippen molar-refractivity contribution in [2.75, 3.05) is 20.1 Å². The summed E-state index contributed by atoms with van der Waals surface area (Å²) in [6.45, 7) is 3.28. The summed E-state index contributed by atoms with van der Waals surface area (Å²) in [5, 5.41) is 3.26. The number of nitrogens with zero attached hydrogens (tertiary/aromatic N) is 1. The molecular formula is C11H19N3O2S. The van der Waals surface area contributed by atoms with Crippen molar-refractivity contribution in [2.24, 2.45) is 0 Å². The van der Waals surface area contributed by atoms with Crippen LogP contribution in [0.4, 0.5) is 0 Å². The maximum absolute atomic E-state index is 12.2. The number of sulfonamides is 1. The summed E-state index contributed by atoms with van der Waals surface area (Å²) in [6, 6.07) is 1.60. The monoisotopic (exact) mass is 257 g/mol. The van der Waals surface area contributed by atoms with E-state index in [1.165, 1.54) is 6.20 Å². The molecule has 2 rings (SSSR count). The summed E-state index contributed by atoms with van der Waals surface area (Å²) in [4.78, 5) is 3.14. The van der Waals surface area contributed by atoms with Crippen LogP contribution >= 0.6 is 0 Å². The van der Waals surface area contributed by atoms with Gasteiger partial charge in [0.15, 0.2) is 0 Å². The second-order valence-electron chi connectivity index (χ2n) is 4.76. The summed E-state index contributed by atoms with van der Waals surface area (Å²) in [5.41, 5.74) is 0.0597. The van der Waals surface area contributed by atoms with Gasteiger partial charge in [0.1, 0.15) is 0 Å². The number of rotatable bonds is 3. The summed E-state index contributed by atoms with van der Waals surface area (Å²) in [5.74, 6) is 0. The Bertz CT molecular complexity index is 459. The van der Waals surface area contributed by atoms with Gasteiger partial charge in [-0.25, -0.2) is 8.42 Å². The Morgan fingerprint density at radius 1 is 1.41 bits per heavy atom. The summed E-state index contributed by atoms with van der Waals surface area (Å²) < 4.78 is 26.0. The minimum atomic E-state index is -3.30. The van der Waals surface area contributed by atoms with E-state index in [0.29, 0.717) is 18.0 Å². The van der Waals surface area contributed by atoms with Crippen LogP contribution in [0.2, 0.25) is 0 Å². The van der Waals surface area contributed by atoms with Crippen LogP contribution in [0.1, 0.15) is 19.8 Å². The molecule has 0 aliphatic carbocycles. The van der Waals surface area contributed by atoms with E-state index in [9.17, 15) is 8.42 Å². The highest BCUT2D eigenvalue weighted by Crippen LogP contribution is 2.25.